The third kappa shape index (κ3) is 2.03. The first-order valence-corrected chi connectivity index (χ1v) is 5.82. The Morgan fingerprint density at radius 2 is 2.27 bits per heavy atom. The molecule has 0 aromatic heterocycles. The summed E-state index contributed by atoms with van der Waals surface area (Å²) in [6, 6.07) is 5.81. The Morgan fingerprint density at radius 1 is 1.47 bits per heavy atom. The normalized spacial score (nSPS) is 20.2. The minimum absolute atomic E-state index is 0.760. The number of allylic oxidation sites excluding steroid dienone is 1. The van der Waals surface area contributed by atoms with Gasteiger partial charge >= 0.3 is 0 Å². The number of rotatable bonds is 0. The molecule has 0 aliphatic carbocycles. The summed E-state index contributed by atoms with van der Waals surface area (Å²) in [7, 11) is 1.79. The van der Waals surface area contributed by atoms with E-state index >= 15 is 0 Å². The van der Waals surface area contributed by atoms with Crippen molar-refractivity contribution >= 4 is 34.9 Å². The van der Waals surface area contributed by atoms with Gasteiger partial charge < -0.3 is 5.32 Å². The number of hydrogen-bond acceptors (Lipinski definition) is 2. The number of benzene rings is 1. The summed E-state index contributed by atoms with van der Waals surface area (Å²) in [5.41, 5.74) is 1.07. The van der Waals surface area contributed by atoms with Crippen molar-refractivity contribution in [3.05, 3.63) is 34.2 Å². The zero-order chi connectivity index (χ0) is 10.8. The number of halogens is 1. The molecule has 1 heterocycles. The molecular formula is C11H11ClN2S. The van der Waals surface area contributed by atoms with E-state index < -0.39 is 0 Å². The molecule has 1 aromatic rings. The van der Waals surface area contributed by atoms with Crippen LogP contribution in [0.5, 0.6) is 0 Å². The average Bonchev–Trinajstić information content (AvgIpc) is 2.27. The van der Waals surface area contributed by atoms with Crippen molar-refractivity contribution in [3.8, 4) is 0 Å². The van der Waals surface area contributed by atoms with Gasteiger partial charge in [0, 0.05) is 17.0 Å². The lowest BCUT2D eigenvalue weighted by atomic mass is 10.3. The second-order valence-electron chi connectivity index (χ2n) is 3.09. The third-order valence-electron chi connectivity index (χ3n) is 2.14. The second-order valence-corrected chi connectivity index (χ2v) is 4.61. The van der Waals surface area contributed by atoms with Crippen molar-refractivity contribution < 1.29 is 0 Å². The van der Waals surface area contributed by atoms with Gasteiger partial charge in [-0.25, -0.2) is 0 Å². The molecule has 1 N–H and O–H groups in total. The lowest BCUT2D eigenvalue weighted by Gasteiger charge is -2.21. The molecule has 0 fully saturated rings. The van der Waals surface area contributed by atoms with Crippen LogP contribution in [-0.2, 0) is 0 Å². The van der Waals surface area contributed by atoms with E-state index in [4.69, 9.17) is 11.6 Å². The Balaban J connectivity index is 2.46. The topological polar surface area (TPSA) is 24.4 Å². The molecule has 1 aromatic carbocycles. The highest BCUT2D eigenvalue weighted by Gasteiger charge is 2.18. The van der Waals surface area contributed by atoms with Crippen molar-refractivity contribution in [2.24, 2.45) is 4.99 Å². The van der Waals surface area contributed by atoms with Crippen LogP contribution in [0.25, 0.3) is 0 Å². The lowest BCUT2D eigenvalue weighted by Crippen LogP contribution is -2.17. The van der Waals surface area contributed by atoms with Crippen molar-refractivity contribution in [3.63, 3.8) is 0 Å². The Kier molecular flexibility index (Phi) is 3.03. The Bertz CT molecular complexity index is 452. The molecule has 15 heavy (non-hydrogen) atoms. The molecule has 1 aliphatic rings. The molecule has 4 heteroatoms. The number of aliphatic imine (C=N–C) groups is 1. The fourth-order valence-corrected chi connectivity index (χ4v) is 2.65. The summed E-state index contributed by atoms with van der Waals surface area (Å²) in [6.45, 7) is 2.00. The first-order chi connectivity index (χ1) is 7.24. The monoisotopic (exact) mass is 238 g/mol. The lowest BCUT2D eigenvalue weighted by molar-refractivity contribution is 1.37. The zero-order valence-electron chi connectivity index (χ0n) is 8.54. The summed E-state index contributed by atoms with van der Waals surface area (Å²) in [5.74, 6) is 0.914. The number of thioether (sulfide) groups is 1. The van der Waals surface area contributed by atoms with E-state index in [9.17, 15) is 0 Å². The maximum Gasteiger partial charge on any atom is 0.139 e. The maximum atomic E-state index is 5.95. The fourth-order valence-electron chi connectivity index (χ4n) is 1.40. The molecule has 2 rings (SSSR count). The Labute approximate surface area is 98.4 Å². The molecule has 0 atom stereocenters. The van der Waals surface area contributed by atoms with Crippen LogP contribution >= 0.6 is 23.4 Å². The standard InChI is InChI=1S/C11H11ClN2S/c1-3-9-11(13-2)14-8-5-4-7(12)6-10(8)15-9/h3-6H,1-2H3,(H,13,14)/b9-3+. The van der Waals surface area contributed by atoms with Gasteiger partial charge in [-0.1, -0.05) is 29.4 Å². The molecule has 0 spiro atoms. The second kappa shape index (κ2) is 4.29. The molecule has 0 radical (unpaired) electrons. The quantitative estimate of drug-likeness (QED) is 0.744. The van der Waals surface area contributed by atoms with Gasteiger partial charge in [0.2, 0.25) is 0 Å². The van der Waals surface area contributed by atoms with Gasteiger partial charge in [0.25, 0.3) is 0 Å². The smallest absolute Gasteiger partial charge is 0.139 e. The molecular weight excluding hydrogens is 228 g/mol. The molecule has 2 nitrogen and oxygen atoms in total. The molecule has 0 saturated heterocycles. The first kappa shape index (κ1) is 10.6. The number of amidine groups is 1. The van der Waals surface area contributed by atoms with E-state index in [-0.39, 0.29) is 0 Å². The van der Waals surface area contributed by atoms with Crippen molar-refractivity contribution in [1.29, 1.82) is 0 Å². The number of fused-ring (bicyclic) bond motifs is 1. The number of hydrogen-bond donors (Lipinski definition) is 1. The van der Waals surface area contributed by atoms with E-state index in [2.05, 4.69) is 10.3 Å². The predicted molar refractivity (Wildman–Crippen MR) is 68.0 cm³/mol. The summed E-state index contributed by atoms with van der Waals surface area (Å²) in [4.78, 5) is 6.48. The van der Waals surface area contributed by atoms with Crippen LogP contribution in [0.2, 0.25) is 5.02 Å². The van der Waals surface area contributed by atoms with Crippen LogP contribution in [0, 0.1) is 0 Å². The minimum atomic E-state index is 0.760. The van der Waals surface area contributed by atoms with Gasteiger partial charge in [-0.05, 0) is 25.1 Å². The van der Waals surface area contributed by atoms with E-state index in [1.54, 1.807) is 18.8 Å². The third-order valence-corrected chi connectivity index (χ3v) is 3.58. The van der Waals surface area contributed by atoms with Crippen LogP contribution < -0.4 is 5.32 Å². The fraction of sp³-hybridized carbons (Fsp3) is 0.182. The molecule has 0 amide bonds. The number of anilines is 1. The Morgan fingerprint density at radius 3 is 2.93 bits per heavy atom. The summed E-state index contributed by atoms with van der Waals surface area (Å²) < 4.78 is 0. The van der Waals surface area contributed by atoms with E-state index in [1.807, 2.05) is 31.2 Å². The van der Waals surface area contributed by atoms with Gasteiger partial charge in [0.1, 0.15) is 5.84 Å². The first-order valence-electron chi connectivity index (χ1n) is 4.62. The Hall–Kier alpha value is -0.930. The van der Waals surface area contributed by atoms with Crippen LogP contribution in [0.15, 0.2) is 39.1 Å². The van der Waals surface area contributed by atoms with E-state index in [1.165, 1.54) is 0 Å². The van der Waals surface area contributed by atoms with Crippen molar-refractivity contribution in [2.45, 2.75) is 11.8 Å². The minimum Gasteiger partial charge on any atom is -0.339 e. The van der Waals surface area contributed by atoms with Gasteiger partial charge in [-0.3, -0.25) is 4.99 Å². The molecule has 0 saturated carbocycles. The van der Waals surface area contributed by atoms with Crippen molar-refractivity contribution in [2.75, 3.05) is 12.4 Å². The van der Waals surface area contributed by atoms with Crippen LogP contribution in [-0.4, -0.2) is 12.9 Å². The highest BCUT2D eigenvalue weighted by atomic mass is 35.5. The zero-order valence-corrected chi connectivity index (χ0v) is 10.1. The predicted octanol–water partition coefficient (Wildman–Crippen LogP) is 3.79. The highest BCUT2D eigenvalue weighted by molar-refractivity contribution is 8.04. The molecule has 1 aliphatic heterocycles. The van der Waals surface area contributed by atoms with Gasteiger partial charge in [-0.2, -0.15) is 0 Å². The summed E-state index contributed by atoms with van der Waals surface area (Å²) in [6.07, 6.45) is 2.05. The molecule has 0 unspecified atom stereocenters. The highest BCUT2D eigenvalue weighted by Crippen LogP contribution is 2.39. The maximum absolute atomic E-state index is 5.95. The summed E-state index contributed by atoms with van der Waals surface area (Å²) >= 11 is 7.63. The van der Waals surface area contributed by atoms with E-state index in [0.717, 1.165) is 26.3 Å². The largest absolute Gasteiger partial charge is 0.339 e. The average molecular weight is 239 g/mol. The number of nitrogens with one attached hydrogen (secondary N) is 1. The number of nitrogens with zero attached hydrogens (tertiary/aromatic N) is 1. The van der Waals surface area contributed by atoms with E-state index in [0.29, 0.717) is 0 Å². The van der Waals surface area contributed by atoms with Gasteiger partial charge in [0.05, 0.1) is 10.6 Å². The van der Waals surface area contributed by atoms with Crippen LogP contribution in [0.4, 0.5) is 5.69 Å². The van der Waals surface area contributed by atoms with Gasteiger partial charge in [0.15, 0.2) is 0 Å². The van der Waals surface area contributed by atoms with Gasteiger partial charge in [-0.15, -0.1) is 0 Å². The molecule has 0 bridgehead atoms. The summed E-state index contributed by atoms with van der Waals surface area (Å²) in [5, 5.41) is 4.04. The van der Waals surface area contributed by atoms with Crippen LogP contribution in [0.1, 0.15) is 6.92 Å². The van der Waals surface area contributed by atoms with Crippen LogP contribution in [0.3, 0.4) is 0 Å². The van der Waals surface area contributed by atoms with Crippen molar-refractivity contribution in [1.82, 2.24) is 0 Å². The SMILES string of the molecule is C/C=C1/Sc2cc(Cl)ccc2NC1=NC. The molecule has 78 valence electrons.